The van der Waals surface area contributed by atoms with Crippen molar-refractivity contribution in [2.45, 2.75) is 92.9 Å². The molecule has 0 radical (unpaired) electrons. The predicted molar refractivity (Wildman–Crippen MR) is 461 cm³/mol. The molecular formula is C98H92N16. The second-order valence-electron chi connectivity index (χ2n) is 28.0. The van der Waals surface area contributed by atoms with Gasteiger partial charge in [0.1, 0.15) is 46.6 Å². The maximum absolute atomic E-state index is 4.75. The summed E-state index contributed by atoms with van der Waals surface area (Å²) in [5.41, 5.74) is 20.6. The summed E-state index contributed by atoms with van der Waals surface area (Å²) >= 11 is 0. The van der Waals surface area contributed by atoms with Crippen LogP contribution in [0.1, 0.15) is 124 Å². The summed E-state index contributed by atoms with van der Waals surface area (Å²) in [6.07, 6.45) is 5.39. The van der Waals surface area contributed by atoms with Crippen LogP contribution in [0.5, 0.6) is 0 Å². The van der Waals surface area contributed by atoms with Crippen LogP contribution in [-0.4, -0.2) is 59.8 Å². The van der Waals surface area contributed by atoms with Gasteiger partial charge in [0.25, 0.3) is 0 Å². The Labute approximate surface area is 668 Å². The molecule has 4 N–H and O–H groups in total. The number of nitrogens with zero attached hydrogens (tertiary/aromatic N) is 12. The van der Waals surface area contributed by atoms with Gasteiger partial charge in [-0.15, -0.1) is 0 Å². The van der Waals surface area contributed by atoms with E-state index in [1.807, 2.05) is 182 Å². The predicted octanol–water partition coefficient (Wildman–Crippen LogP) is 21.0. The quantitative estimate of drug-likeness (QED) is 0.0444. The van der Waals surface area contributed by atoms with Gasteiger partial charge in [-0.25, -0.2) is 19.9 Å². The molecule has 0 aliphatic rings. The van der Waals surface area contributed by atoms with Crippen molar-refractivity contribution in [2.75, 3.05) is 21.3 Å². The standard InChI is InChI=1S/2C25H24N4.2C24H22N4/c1-18-10-9-11-19(2)24(18)29-25-27-22(16-20-12-5-3-6-13-20)26-23(28-25)17-21-14-7-4-8-15-21;1-18-10-9-15-22(19(18)2)26-25-28-23(16-20-11-5-3-6-12-20)27-24(29-25)17-21-13-7-4-8-14-21;1-18-10-8-9-15-21(18)25-24-27-22(16-19-11-4-2-5-12-19)26-23(28-24)17-20-13-6-3-7-14-20;1-18-9-8-14-21(15-18)25-24-27-22(16-19-10-4-2-5-11-19)26-23(28-24)17-20-12-6-3-7-13-20/h2*3-15H,16-17H2,1-2H3,(H,26,27,28,29);2*2-15H,16-17H2,1H3,(H,25,26,27,28). The molecule has 0 aliphatic carbocycles. The minimum Gasteiger partial charge on any atom is -0.324 e. The zero-order valence-corrected chi connectivity index (χ0v) is 65.2. The molecule has 0 fully saturated rings. The van der Waals surface area contributed by atoms with E-state index in [0.29, 0.717) is 75.2 Å². The Bertz CT molecular complexity index is 5430. The van der Waals surface area contributed by atoms with Crippen LogP contribution < -0.4 is 21.3 Å². The molecule has 16 rings (SSSR count). The fraction of sp³-hybridized carbons (Fsp3) is 0.143. The molecule has 4 heterocycles. The maximum atomic E-state index is 4.75. The molecule has 0 saturated carbocycles. The number of anilines is 8. The molecule has 16 nitrogen and oxygen atoms in total. The lowest BCUT2D eigenvalue weighted by molar-refractivity contribution is 0.855. The zero-order chi connectivity index (χ0) is 78.5. The summed E-state index contributed by atoms with van der Waals surface area (Å²) in [6, 6.07) is 111. The van der Waals surface area contributed by atoms with E-state index >= 15 is 0 Å². The second-order valence-corrected chi connectivity index (χ2v) is 28.0. The maximum Gasteiger partial charge on any atom is 0.230 e. The molecule has 0 bridgehead atoms. The van der Waals surface area contributed by atoms with Crippen LogP contribution >= 0.6 is 0 Å². The molecule has 0 atom stereocenters. The Balaban J connectivity index is 0.000000133. The molecule has 114 heavy (non-hydrogen) atoms. The van der Waals surface area contributed by atoms with Crippen molar-refractivity contribution in [3.05, 3.63) is 452 Å². The summed E-state index contributed by atoms with van der Waals surface area (Å²) in [5, 5.41) is 13.5. The van der Waals surface area contributed by atoms with Crippen LogP contribution in [-0.2, 0) is 51.4 Å². The Morgan fingerprint density at radius 2 is 0.430 bits per heavy atom. The van der Waals surface area contributed by atoms with Crippen LogP contribution in [0.15, 0.2) is 328 Å². The second kappa shape index (κ2) is 40.0. The summed E-state index contributed by atoms with van der Waals surface area (Å²) in [6.45, 7) is 12.5. The van der Waals surface area contributed by atoms with E-state index in [9.17, 15) is 0 Å². The minimum atomic E-state index is 0.581. The lowest BCUT2D eigenvalue weighted by Crippen LogP contribution is -2.09. The van der Waals surface area contributed by atoms with E-state index in [4.69, 9.17) is 39.9 Å². The third-order valence-corrected chi connectivity index (χ3v) is 18.8. The van der Waals surface area contributed by atoms with Gasteiger partial charge in [-0.1, -0.05) is 303 Å². The average Bonchev–Trinajstić information content (AvgIpc) is 0.848. The number of nitrogens with one attached hydrogen (secondary N) is 4. The first-order valence-electron chi connectivity index (χ1n) is 38.4. The highest BCUT2D eigenvalue weighted by atomic mass is 15.2. The third-order valence-electron chi connectivity index (χ3n) is 18.8. The number of aryl methyl sites for hydroxylation is 5. The first kappa shape index (κ1) is 78.0. The summed E-state index contributed by atoms with van der Waals surface area (Å²) < 4.78 is 0. The number of hydrogen-bond donors (Lipinski definition) is 4. The van der Waals surface area contributed by atoms with Crippen LogP contribution in [0.25, 0.3) is 0 Å². The Morgan fingerprint density at radius 1 is 0.193 bits per heavy atom. The van der Waals surface area contributed by atoms with Gasteiger partial charge in [-0.05, 0) is 144 Å². The molecule has 0 saturated heterocycles. The number of rotatable bonds is 24. The van der Waals surface area contributed by atoms with Crippen molar-refractivity contribution in [3.63, 3.8) is 0 Å². The third kappa shape index (κ3) is 24.2. The zero-order valence-electron chi connectivity index (χ0n) is 65.2. The number of hydrogen-bond acceptors (Lipinski definition) is 16. The summed E-state index contributed by atoms with van der Waals surface area (Å²) in [4.78, 5) is 56.4. The Morgan fingerprint density at radius 3 is 0.737 bits per heavy atom. The molecule has 16 aromatic rings. The van der Waals surface area contributed by atoms with Crippen LogP contribution in [0.3, 0.4) is 0 Å². The van der Waals surface area contributed by atoms with Gasteiger partial charge in [0.15, 0.2) is 0 Å². The van der Waals surface area contributed by atoms with E-state index in [2.05, 4.69) is 228 Å². The van der Waals surface area contributed by atoms with E-state index in [-0.39, 0.29) is 0 Å². The SMILES string of the molecule is Cc1cccc(C)c1Nc1nc(Cc2ccccc2)nc(Cc2ccccc2)n1.Cc1cccc(Nc2nc(Cc3ccccc3)nc(Cc3ccccc3)n2)c1.Cc1cccc(Nc2nc(Cc3ccccc3)nc(Cc3ccccc3)n2)c1C.Cc1ccccc1Nc1nc(Cc2ccccc2)nc(Cc2ccccc2)n1. The van der Waals surface area contributed by atoms with Crippen LogP contribution in [0.4, 0.5) is 46.5 Å². The topological polar surface area (TPSA) is 203 Å². The van der Waals surface area contributed by atoms with Crippen molar-refractivity contribution in [2.24, 2.45) is 0 Å². The molecule has 0 spiro atoms. The molecule has 16 heteroatoms. The van der Waals surface area contributed by atoms with Gasteiger partial charge in [0.05, 0.1) is 0 Å². The summed E-state index contributed by atoms with van der Waals surface area (Å²) in [5.74, 6) is 8.49. The highest BCUT2D eigenvalue weighted by molar-refractivity contribution is 5.64. The minimum absolute atomic E-state index is 0.581. The number of benzene rings is 12. The number of para-hydroxylation sites is 2. The first-order valence-corrected chi connectivity index (χ1v) is 38.4. The fourth-order valence-corrected chi connectivity index (χ4v) is 12.8. The van der Waals surface area contributed by atoms with E-state index in [1.54, 1.807) is 0 Å². The Hall–Kier alpha value is -14.1. The van der Waals surface area contributed by atoms with Crippen molar-refractivity contribution >= 4 is 46.5 Å². The molecular weight excluding hydrogens is 1400 g/mol. The van der Waals surface area contributed by atoms with Gasteiger partial charge in [-0.3, -0.25) is 0 Å². The van der Waals surface area contributed by atoms with Gasteiger partial charge < -0.3 is 21.3 Å². The van der Waals surface area contributed by atoms with Crippen LogP contribution in [0.2, 0.25) is 0 Å². The lowest BCUT2D eigenvalue weighted by Gasteiger charge is -2.13. The monoisotopic (exact) mass is 1490 g/mol. The van der Waals surface area contributed by atoms with Crippen molar-refractivity contribution in [1.82, 2.24) is 59.8 Å². The Kier molecular flexibility index (Phi) is 27.4. The smallest absolute Gasteiger partial charge is 0.230 e. The molecule has 4 aromatic heterocycles. The first-order chi connectivity index (χ1) is 55.8. The van der Waals surface area contributed by atoms with Gasteiger partial charge in [-0.2, -0.15) is 39.9 Å². The van der Waals surface area contributed by atoms with Crippen LogP contribution in [0, 0.1) is 41.5 Å². The fourth-order valence-electron chi connectivity index (χ4n) is 12.8. The van der Waals surface area contributed by atoms with E-state index in [1.165, 1.54) is 72.3 Å². The van der Waals surface area contributed by atoms with Gasteiger partial charge in [0.2, 0.25) is 23.8 Å². The van der Waals surface area contributed by atoms with Crippen molar-refractivity contribution in [3.8, 4) is 0 Å². The van der Waals surface area contributed by atoms with Crippen molar-refractivity contribution < 1.29 is 0 Å². The van der Waals surface area contributed by atoms with Crippen molar-refractivity contribution in [1.29, 1.82) is 0 Å². The molecule has 0 aliphatic heterocycles. The lowest BCUT2D eigenvalue weighted by atomic mass is 10.1. The highest BCUT2D eigenvalue weighted by Crippen LogP contribution is 2.27. The summed E-state index contributed by atoms with van der Waals surface area (Å²) in [7, 11) is 0. The molecule has 0 unspecified atom stereocenters. The molecule has 12 aromatic carbocycles. The molecule has 0 amide bonds. The number of aromatic nitrogens is 12. The average molecular weight is 1490 g/mol. The molecule has 564 valence electrons. The highest BCUT2D eigenvalue weighted by Gasteiger charge is 2.16. The van der Waals surface area contributed by atoms with E-state index < -0.39 is 0 Å². The van der Waals surface area contributed by atoms with Gasteiger partial charge >= 0.3 is 0 Å². The normalized spacial score (nSPS) is 10.6. The van der Waals surface area contributed by atoms with Gasteiger partial charge in [0, 0.05) is 74.1 Å². The van der Waals surface area contributed by atoms with E-state index in [0.717, 1.165) is 74.9 Å². The largest absolute Gasteiger partial charge is 0.324 e.